The number of piperidine rings is 1. The van der Waals surface area contributed by atoms with Gasteiger partial charge < -0.3 is 15.4 Å². The van der Waals surface area contributed by atoms with E-state index in [-0.39, 0.29) is 51.7 Å². The number of hydrogen-bond acceptors (Lipinski definition) is 6. The summed E-state index contributed by atoms with van der Waals surface area (Å²) in [7, 11) is 0. The minimum Gasteiger partial charge on any atom is -0.452 e. The SMILES string of the molecule is C[C@H]1CCC[C@H](C)N1C(=O)COC(=O)c1ccc2c(c1N)C(=O)c1ccccc1C2=O. The molecule has 1 fully saturated rings. The molecule has 2 aliphatic rings. The lowest BCUT2D eigenvalue weighted by atomic mass is 9.82. The van der Waals surface area contributed by atoms with E-state index in [1.165, 1.54) is 12.1 Å². The second kappa shape index (κ2) is 7.98. The fourth-order valence-electron chi connectivity index (χ4n) is 4.58. The first-order valence-electron chi connectivity index (χ1n) is 10.4. The molecule has 31 heavy (non-hydrogen) atoms. The number of nitrogen functional groups attached to an aromatic ring is 1. The number of rotatable bonds is 3. The molecule has 7 heteroatoms. The van der Waals surface area contributed by atoms with Gasteiger partial charge in [-0.3, -0.25) is 14.4 Å². The number of hydrogen-bond donors (Lipinski definition) is 1. The summed E-state index contributed by atoms with van der Waals surface area (Å²) >= 11 is 0. The lowest BCUT2D eigenvalue weighted by molar-refractivity contribution is -0.140. The molecular formula is C24H24N2O5. The molecule has 0 spiro atoms. The van der Waals surface area contributed by atoms with E-state index in [0.717, 1.165) is 19.3 Å². The highest BCUT2D eigenvalue weighted by molar-refractivity contribution is 6.30. The van der Waals surface area contributed by atoms with Crippen LogP contribution in [0.4, 0.5) is 5.69 Å². The fraction of sp³-hybridized carbons (Fsp3) is 0.333. The summed E-state index contributed by atoms with van der Waals surface area (Å²) in [5, 5.41) is 0. The van der Waals surface area contributed by atoms with Crippen molar-refractivity contribution in [2.45, 2.75) is 45.2 Å². The van der Waals surface area contributed by atoms with Crippen LogP contribution in [0.1, 0.15) is 75.3 Å². The third-order valence-corrected chi connectivity index (χ3v) is 6.16. The molecule has 0 aromatic heterocycles. The number of likely N-dealkylation sites (tertiary alicyclic amines) is 1. The molecule has 0 unspecified atom stereocenters. The van der Waals surface area contributed by atoms with Gasteiger partial charge in [0.2, 0.25) is 0 Å². The van der Waals surface area contributed by atoms with Crippen molar-refractivity contribution in [3.8, 4) is 0 Å². The second-order valence-electron chi connectivity index (χ2n) is 8.16. The van der Waals surface area contributed by atoms with E-state index < -0.39 is 18.4 Å². The average molecular weight is 420 g/mol. The summed E-state index contributed by atoms with van der Waals surface area (Å²) in [5.41, 5.74) is 6.72. The van der Waals surface area contributed by atoms with Gasteiger partial charge in [0.15, 0.2) is 18.2 Å². The molecule has 1 heterocycles. The maximum atomic E-state index is 12.9. The molecule has 1 amide bonds. The molecule has 4 rings (SSSR count). The van der Waals surface area contributed by atoms with E-state index in [9.17, 15) is 19.2 Å². The number of carbonyl (C=O) groups is 4. The fourth-order valence-corrected chi connectivity index (χ4v) is 4.58. The average Bonchev–Trinajstić information content (AvgIpc) is 2.75. The molecule has 1 aliphatic carbocycles. The van der Waals surface area contributed by atoms with Crippen molar-refractivity contribution in [2.24, 2.45) is 0 Å². The van der Waals surface area contributed by atoms with E-state index in [1.807, 2.05) is 13.8 Å². The third-order valence-electron chi connectivity index (χ3n) is 6.16. The summed E-state index contributed by atoms with van der Waals surface area (Å²) in [6.07, 6.45) is 2.90. The summed E-state index contributed by atoms with van der Waals surface area (Å²) < 4.78 is 5.24. The first-order chi connectivity index (χ1) is 14.8. The van der Waals surface area contributed by atoms with Gasteiger partial charge in [0.25, 0.3) is 5.91 Å². The molecule has 0 bridgehead atoms. The van der Waals surface area contributed by atoms with Crippen LogP contribution in [0, 0.1) is 0 Å². The van der Waals surface area contributed by atoms with E-state index in [2.05, 4.69) is 0 Å². The Hall–Kier alpha value is -3.48. The van der Waals surface area contributed by atoms with Crippen LogP contribution in [0.15, 0.2) is 36.4 Å². The first kappa shape index (κ1) is 20.8. The normalized spacial score (nSPS) is 20.1. The largest absolute Gasteiger partial charge is 0.452 e. The number of fused-ring (bicyclic) bond motifs is 2. The molecule has 2 N–H and O–H groups in total. The Labute approximate surface area is 180 Å². The number of nitrogens with zero attached hydrogens (tertiary/aromatic N) is 1. The molecule has 0 radical (unpaired) electrons. The van der Waals surface area contributed by atoms with Crippen molar-refractivity contribution in [3.63, 3.8) is 0 Å². The molecular weight excluding hydrogens is 396 g/mol. The summed E-state index contributed by atoms with van der Waals surface area (Å²) in [5.74, 6) is -1.79. The lowest BCUT2D eigenvalue weighted by Crippen LogP contribution is -2.49. The van der Waals surface area contributed by atoms with Gasteiger partial charge in [-0.05, 0) is 45.2 Å². The van der Waals surface area contributed by atoms with E-state index in [0.29, 0.717) is 5.56 Å². The van der Waals surface area contributed by atoms with E-state index in [4.69, 9.17) is 10.5 Å². The van der Waals surface area contributed by atoms with Crippen LogP contribution in [-0.2, 0) is 9.53 Å². The van der Waals surface area contributed by atoms with Gasteiger partial charge >= 0.3 is 5.97 Å². The van der Waals surface area contributed by atoms with Crippen LogP contribution >= 0.6 is 0 Å². The number of nitrogens with two attached hydrogens (primary N) is 1. The topological polar surface area (TPSA) is 107 Å². The Morgan fingerprint density at radius 3 is 2.23 bits per heavy atom. The van der Waals surface area contributed by atoms with E-state index >= 15 is 0 Å². The highest BCUT2D eigenvalue weighted by Gasteiger charge is 2.34. The Morgan fingerprint density at radius 2 is 1.58 bits per heavy atom. The second-order valence-corrected chi connectivity index (χ2v) is 8.16. The van der Waals surface area contributed by atoms with Crippen LogP contribution in [0.3, 0.4) is 0 Å². The molecule has 1 saturated heterocycles. The van der Waals surface area contributed by atoms with Crippen molar-refractivity contribution in [2.75, 3.05) is 12.3 Å². The number of ether oxygens (including phenoxy) is 1. The van der Waals surface area contributed by atoms with Gasteiger partial charge in [0.1, 0.15) is 0 Å². The molecule has 160 valence electrons. The van der Waals surface area contributed by atoms with Gasteiger partial charge in [-0.1, -0.05) is 24.3 Å². The highest BCUT2D eigenvalue weighted by Crippen LogP contribution is 2.33. The minimum atomic E-state index is -0.801. The zero-order valence-corrected chi connectivity index (χ0v) is 17.5. The predicted molar refractivity (Wildman–Crippen MR) is 114 cm³/mol. The van der Waals surface area contributed by atoms with Crippen LogP contribution in [0.2, 0.25) is 0 Å². The van der Waals surface area contributed by atoms with Crippen LogP contribution in [-0.4, -0.2) is 47.0 Å². The van der Waals surface area contributed by atoms with Crippen LogP contribution < -0.4 is 5.73 Å². The molecule has 7 nitrogen and oxygen atoms in total. The van der Waals surface area contributed by atoms with Gasteiger partial charge in [-0.25, -0.2) is 4.79 Å². The van der Waals surface area contributed by atoms with Gasteiger partial charge in [-0.2, -0.15) is 0 Å². The number of anilines is 1. The van der Waals surface area contributed by atoms with Gasteiger partial charge in [0, 0.05) is 28.8 Å². The number of amides is 1. The number of esters is 1. The Balaban J connectivity index is 1.56. The lowest BCUT2D eigenvalue weighted by Gasteiger charge is -2.38. The number of carbonyl (C=O) groups excluding carboxylic acids is 4. The smallest absolute Gasteiger partial charge is 0.340 e. The summed E-state index contributed by atoms with van der Waals surface area (Å²) in [6, 6.07) is 9.46. The standard InChI is InChI=1S/C24H24N2O5/c1-13-6-5-7-14(2)26(13)19(27)12-31-24(30)18-11-10-17-20(21(18)25)23(29)16-9-4-3-8-15(16)22(17)28/h3-4,8-11,13-14H,5-7,12,25H2,1-2H3/t13-,14-/m0/s1. The van der Waals surface area contributed by atoms with Crippen LogP contribution in [0.25, 0.3) is 0 Å². The zero-order chi connectivity index (χ0) is 22.3. The number of benzene rings is 2. The molecule has 0 saturated carbocycles. The van der Waals surface area contributed by atoms with Gasteiger partial charge in [-0.15, -0.1) is 0 Å². The maximum Gasteiger partial charge on any atom is 0.340 e. The monoisotopic (exact) mass is 420 g/mol. The summed E-state index contributed by atoms with van der Waals surface area (Å²) in [4.78, 5) is 52.8. The molecule has 1 aliphatic heterocycles. The van der Waals surface area contributed by atoms with Crippen molar-refractivity contribution in [3.05, 3.63) is 64.2 Å². The number of ketones is 2. The molecule has 2 aromatic carbocycles. The van der Waals surface area contributed by atoms with Crippen molar-refractivity contribution in [1.29, 1.82) is 0 Å². The maximum absolute atomic E-state index is 12.9. The zero-order valence-electron chi connectivity index (χ0n) is 17.5. The summed E-state index contributed by atoms with van der Waals surface area (Å²) in [6.45, 7) is 3.56. The van der Waals surface area contributed by atoms with Crippen LogP contribution in [0.5, 0.6) is 0 Å². The van der Waals surface area contributed by atoms with Crippen molar-refractivity contribution in [1.82, 2.24) is 4.90 Å². The van der Waals surface area contributed by atoms with E-state index in [1.54, 1.807) is 29.2 Å². The van der Waals surface area contributed by atoms with Gasteiger partial charge in [0.05, 0.1) is 16.8 Å². The highest BCUT2D eigenvalue weighted by atomic mass is 16.5. The third kappa shape index (κ3) is 3.50. The van der Waals surface area contributed by atoms with Crippen molar-refractivity contribution >= 4 is 29.1 Å². The quantitative estimate of drug-likeness (QED) is 0.516. The molecule has 2 atom stereocenters. The Bertz CT molecular complexity index is 1100. The first-order valence-corrected chi connectivity index (χ1v) is 10.4. The Morgan fingerprint density at radius 1 is 0.968 bits per heavy atom. The van der Waals surface area contributed by atoms with Crippen molar-refractivity contribution < 1.29 is 23.9 Å². The predicted octanol–water partition coefficient (Wildman–Crippen LogP) is 2.99. The molecule has 2 aromatic rings. The minimum absolute atomic E-state index is 0.00255. The Kier molecular flexibility index (Phi) is 5.35.